The molecule has 2 bridgehead atoms. The van der Waals surface area contributed by atoms with Crippen molar-refractivity contribution in [2.24, 2.45) is 11.8 Å². The minimum Gasteiger partial charge on any atom is -0.370 e. The van der Waals surface area contributed by atoms with Crippen molar-refractivity contribution in [2.45, 2.75) is 35.9 Å². The van der Waals surface area contributed by atoms with Crippen LogP contribution in [0.5, 0.6) is 0 Å². The lowest BCUT2D eigenvalue weighted by Gasteiger charge is -2.32. The van der Waals surface area contributed by atoms with Gasteiger partial charge in [0, 0.05) is 6.04 Å². The molecule has 9 heteroatoms. The molecular formula is C24H30ClN2O4S2+. The molecule has 2 N–H and O–H groups in total. The van der Waals surface area contributed by atoms with Crippen molar-refractivity contribution in [3.8, 4) is 0 Å². The van der Waals surface area contributed by atoms with E-state index in [1.807, 2.05) is 6.08 Å². The molecule has 1 saturated heterocycles. The van der Waals surface area contributed by atoms with Crippen molar-refractivity contribution in [2.75, 3.05) is 32.8 Å². The molecule has 6 nitrogen and oxygen atoms in total. The van der Waals surface area contributed by atoms with Crippen LogP contribution >= 0.6 is 22.9 Å². The fourth-order valence-corrected chi connectivity index (χ4v) is 8.33. The Balaban J connectivity index is 1.29. The summed E-state index contributed by atoms with van der Waals surface area (Å²) in [5.74, 6) is 0.600. The van der Waals surface area contributed by atoms with E-state index in [2.05, 4.69) is 29.0 Å². The monoisotopic (exact) mass is 509 g/mol. The van der Waals surface area contributed by atoms with Gasteiger partial charge >= 0.3 is 0 Å². The fourth-order valence-electron chi connectivity index (χ4n) is 5.46. The number of rotatable bonds is 6. The average molecular weight is 510 g/mol. The van der Waals surface area contributed by atoms with Crippen LogP contribution in [0.25, 0.3) is 6.08 Å². The normalized spacial score (nSPS) is 26.9. The zero-order valence-corrected chi connectivity index (χ0v) is 20.8. The number of hydrogen-bond acceptors (Lipinski definition) is 5. The Morgan fingerprint density at radius 1 is 1.12 bits per heavy atom. The van der Waals surface area contributed by atoms with Crippen LogP contribution in [0.1, 0.15) is 29.5 Å². The molecule has 2 fully saturated rings. The number of nitrogens with one attached hydrogen (secondary N) is 1. The van der Waals surface area contributed by atoms with Crippen LogP contribution in [0.15, 0.2) is 40.6 Å². The van der Waals surface area contributed by atoms with Crippen LogP contribution in [-0.2, 0) is 27.6 Å². The van der Waals surface area contributed by atoms with Crippen molar-refractivity contribution < 1.29 is 23.0 Å². The van der Waals surface area contributed by atoms with E-state index in [1.54, 1.807) is 12.1 Å². The average Bonchev–Trinajstić information content (AvgIpc) is 3.32. The van der Waals surface area contributed by atoms with Crippen molar-refractivity contribution in [1.29, 1.82) is 0 Å². The molecule has 1 aromatic heterocycles. The molecule has 2 aromatic rings. The maximum absolute atomic E-state index is 12.9. The van der Waals surface area contributed by atoms with E-state index in [0.717, 1.165) is 42.6 Å². The molecule has 0 amide bonds. The van der Waals surface area contributed by atoms with E-state index < -0.39 is 10.0 Å². The summed E-state index contributed by atoms with van der Waals surface area (Å²) >= 11 is 7.07. The van der Waals surface area contributed by atoms with Crippen molar-refractivity contribution in [3.05, 3.63) is 57.4 Å². The lowest BCUT2D eigenvalue weighted by Crippen LogP contribution is -2.52. The number of halogens is 1. The number of sulfonamides is 1. The standard InChI is InChI=1S/C24H30ClN2O4S2/c25-22-7-8-23(32-22)33(29,30)26-24-19-5-6-20(24)16-21-14-17(3-4-18(21)15-19)2-1-9-27(28)10-12-31-13-11-27/h1-4,7-8,14,19-20,24,26,28H,5-6,9-13,15-16H2/q+1/b2-1+. The summed E-state index contributed by atoms with van der Waals surface area (Å²) < 4.78 is 35.1. The maximum atomic E-state index is 12.9. The van der Waals surface area contributed by atoms with E-state index in [4.69, 9.17) is 16.3 Å². The first-order chi connectivity index (χ1) is 15.8. The van der Waals surface area contributed by atoms with Crippen LogP contribution in [0.2, 0.25) is 4.34 Å². The molecule has 0 radical (unpaired) electrons. The Bertz CT molecular complexity index is 1140. The van der Waals surface area contributed by atoms with Gasteiger partial charge in [0.1, 0.15) is 23.8 Å². The molecule has 3 unspecified atom stereocenters. The molecule has 1 aromatic carbocycles. The minimum atomic E-state index is -3.57. The number of quaternary nitrogens is 1. The van der Waals surface area contributed by atoms with E-state index in [9.17, 15) is 13.6 Å². The highest BCUT2D eigenvalue weighted by Crippen LogP contribution is 2.41. The van der Waals surface area contributed by atoms with E-state index >= 15 is 0 Å². The molecule has 0 spiro atoms. The second-order valence-corrected chi connectivity index (χ2v) is 13.1. The Morgan fingerprint density at radius 2 is 1.85 bits per heavy atom. The molecule has 3 atom stereocenters. The molecule has 2 heterocycles. The molecule has 2 aliphatic carbocycles. The molecule has 3 aliphatic rings. The van der Waals surface area contributed by atoms with Crippen LogP contribution in [0.3, 0.4) is 0 Å². The second-order valence-electron chi connectivity index (χ2n) is 9.48. The van der Waals surface area contributed by atoms with Gasteiger partial charge in [-0.2, -0.15) is 4.65 Å². The van der Waals surface area contributed by atoms with Crippen LogP contribution in [0, 0.1) is 11.8 Å². The molecular weight excluding hydrogens is 480 g/mol. The van der Waals surface area contributed by atoms with Gasteiger partial charge in [-0.25, -0.2) is 18.3 Å². The number of benzene rings is 1. The summed E-state index contributed by atoms with van der Waals surface area (Å²) in [6, 6.07) is 9.71. The summed E-state index contributed by atoms with van der Waals surface area (Å²) in [4.78, 5) is 0. The van der Waals surface area contributed by atoms with Gasteiger partial charge in [-0.1, -0.05) is 35.9 Å². The third-order valence-corrected chi connectivity index (χ3v) is 10.5. The third-order valence-electron chi connectivity index (χ3n) is 7.28. The minimum absolute atomic E-state index is 0.0302. The maximum Gasteiger partial charge on any atom is 0.250 e. The summed E-state index contributed by atoms with van der Waals surface area (Å²) in [7, 11) is -3.57. The number of fused-ring (bicyclic) bond motifs is 3. The molecule has 33 heavy (non-hydrogen) atoms. The highest BCUT2D eigenvalue weighted by atomic mass is 35.5. The zero-order valence-electron chi connectivity index (χ0n) is 18.5. The quantitative estimate of drug-likeness (QED) is 0.574. The van der Waals surface area contributed by atoms with Crippen LogP contribution < -0.4 is 4.72 Å². The summed E-state index contributed by atoms with van der Waals surface area (Å²) in [5, 5.41) is 10.6. The van der Waals surface area contributed by atoms with E-state index in [-0.39, 0.29) is 14.9 Å². The predicted molar refractivity (Wildman–Crippen MR) is 130 cm³/mol. The lowest BCUT2D eigenvalue weighted by molar-refractivity contribution is -1.10. The SMILES string of the molecule is O=S(=O)(NC1C2CCC1Cc1cc(/C=C/C[N+]3(O)CCOCC3)ccc1C2)c1ccc(Cl)s1. The van der Waals surface area contributed by atoms with E-state index in [0.29, 0.717) is 49.0 Å². The second kappa shape index (κ2) is 9.41. The first-order valence-electron chi connectivity index (χ1n) is 11.5. The topological polar surface area (TPSA) is 75.6 Å². The highest BCUT2D eigenvalue weighted by molar-refractivity contribution is 7.91. The number of nitrogens with zero attached hydrogens (tertiary/aromatic N) is 1. The third kappa shape index (κ3) is 5.22. The zero-order chi connectivity index (χ0) is 23.1. The first kappa shape index (κ1) is 23.5. The van der Waals surface area contributed by atoms with Gasteiger partial charge in [-0.05, 0) is 72.4 Å². The smallest absolute Gasteiger partial charge is 0.250 e. The van der Waals surface area contributed by atoms with Gasteiger partial charge in [0.25, 0.3) is 0 Å². The molecule has 1 aliphatic heterocycles. The Kier molecular flexibility index (Phi) is 6.70. The van der Waals surface area contributed by atoms with Gasteiger partial charge in [0.2, 0.25) is 10.0 Å². The van der Waals surface area contributed by atoms with Gasteiger partial charge in [-0.15, -0.1) is 11.3 Å². The summed E-state index contributed by atoms with van der Waals surface area (Å²) in [6.45, 7) is 2.99. The summed E-state index contributed by atoms with van der Waals surface area (Å²) in [5.41, 5.74) is 3.75. The molecule has 178 valence electrons. The number of hydrogen-bond donors (Lipinski definition) is 2. The number of hydroxylamine groups is 3. The Morgan fingerprint density at radius 3 is 2.55 bits per heavy atom. The van der Waals surface area contributed by atoms with Crippen LogP contribution in [0.4, 0.5) is 0 Å². The number of ether oxygens (including phenoxy) is 1. The van der Waals surface area contributed by atoms with Crippen molar-refractivity contribution in [3.63, 3.8) is 0 Å². The molecule has 5 rings (SSSR count). The van der Waals surface area contributed by atoms with Crippen LogP contribution in [-0.4, -0.2) is 57.2 Å². The first-order valence-corrected chi connectivity index (χ1v) is 14.2. The number of thiophene rings is 1. The largest absolute Gasteiger partial charge is 0.370 e. The van der Waals surface area contributed by atoms with E-state index in [1.165, 1.54) is 11.1 Å². The highest BCUT2D eigenvalue weighted by Gasteiger charge is 2.41. The van der Waals surface area contributed by atoms with Gasteiger partial charge < -0.3 is 4.74 Å². The lowest BCUT2D eigenvalue weighted by atomic mass is 9.92. The Labute approximate surface area is 204 Å². The van der Waals surface area contributed by atoms with Gasteiger partial charge in [-0.3, -0.25) is 0 Å². The van der Waals surface area contributed by atoms with Crippen molar-refractivity contribution in [1.82, 2.24) is 4.72 Å². The summed E-state index contributed by atoms with van der Waals surface area (Å²) in [6.07, 6.45) is 7.97. The fraction of sp³-hybridized carbons (Fsp3) is 0.500. The van der Waals surface area contributed by atoms with Crippen molar-refractivity contribution >= 4 is 39.0 Å². The Hall–Kier alpha value is -1.26. The molecule has 1 saturated carbocycles. The van der Waals surface area contributed by atoms with Gasteiger partial charge in [0.15, 0.2) is 0 Å². The van der Waals surface area contributed by atoms with Gasteiger partial charge in [0.05, 0.1) is 17.6 Å². The predicted octanol–water partition coefficient (Wildman–Crippen LogP) is 4.12. The number of morpholine rings is 1.